The van der Waals surface area contributed by atoms with Gasteiger partial charge in [-0.15, -0.1) is 0 Å². The molecule has 3 unspecified atom stereocenters. The van der Waals surface area contributed by atoms with Crippen molar-refractivity contribution in [3.63, 3.8) is 0 Å². The predicted octanol–water partition coefficient (Wildman–Crippen LogP) is 24.3. The fraction of sp³-hybridized carbons (Fsp3) is 0.691. The smallest absolute Gasteiger partial charge is 0.387 e. The normalized spacial score (nSPS) is 14.4. The fourth-order valence-corrected chi connectivity index (χ4v) is 11.1. The molecule has 8 nitrogen and oxygen atoms in total. The zero-order valence-corrected chi connectivity index (χ0v) is 60.0. The number of phosphoric acid groups is 1. The summed E-state index contributed by atoms with van der Waals surface area (Å²) in [4.78, 5) is 23.4. The average Bonchev–Trinajstić information content (AvgIpc) is 3.72. The largest absolute Gasteiger partial charge is 0.472 e. The van der Waals surface area contributed by atoms with Crippen LogP contribution in [0.5, 0.6) is 0 Å². The van der Waals surface area contributed by atoms with E-state index in [1.165, 1.54) is 173 Å². The van der Waals surface area contributed by atoms with Crippen LogP contribution in [0.4, 0.5) is 0 Å². The molecule has 3 N–H and O–H groups in total. The fourth-order valence-electron chi connectivity index (χ4n) is 10.3. The lowest BCUT2D eigenvalue weighted by Crippen LogP contribution is -2.45. The van der Waals surface area contributed by atoms with Gasteiger partial charge in [0.1, 0.15) is 13.2 Å². The van der Waals surface area contributed by atoms with E-state index in [-0.39, 0.29) is 19.1 Å². The van der Waals surface area contributed by atoms with Crippen molar-refractivity contribution < 1.29 is 32.9 Å². The third kappa shape index (κ3) is 71.8. The molecule has 0 radical (unpaired) electrons. The van der Waals surface area contributed by atoms with Gasteiger partial charge in [0.05, 0.1) is 39.9 Å². The number of rotatable bonds is 67. The Kier molecular flexibility index (Phi) is 66.9. The molecule has 0 aliphatic carbocycles. The predicted molar refractivity (Wildman–Crippen MR) is 396 cm³/mol. The number of hydrogen-bond donors (Lipinski definition) is 3. The number of amides is 1. The lowest BCUT2D eigenvalue weighted by Gasteiger charge is -2.25. The summed E-state index contributed by atoms with van der Waals surface area (Å²) in [5, 5.41) is 14.0. The molecule has 3 atom stereocenters. The van der Waals surface area contributed by atoms with Gasteiger partial charge in [-0.2, -0.15) is 0 Å². The van der Waals surface area contributed by atoms with Gasteiger partial charge in [-0.3, -0.25) is 13.8 Å². The zero-order chi connectivity index (χ0) is 65.5. The molecular formula is C81H142N2O6P+. The van der Waals surface area contributed by atoms with Crippen LogP contribution in [0.2, 0.25) is 0 Å². The van der Waals surface area contributed by atoms with E-state index in [9.17, 15) is 19.4 Å². The highest BCUT2D eigenvalue weighted by atomic mass is 31.2. The molecule has 0 spiro atoms. The van der Waals surface area contributed by atoms with Crippen molar-refractivity contribution in [1.29, 1.82) is 0 Å². The third-order valence-corrected chi connectivity index (χ3v) is 17.0. The third-order valence-electron chi connectivity index (χ3n) is 16.0. The van der Waals surface area contributed by atoms with Gasteiger partial charge in [-0.25, -0.2) is 4.57 Å². The molecule has 0 aromatic heterocycles. The minimum Gasteiger partial charge on any atom is -0.387 e. The minimum atomic E-state index is -4.38. The summed E-state index contributed by atoms with van der Waals surface area (Å²) >= 11 is 0. The van der Waals surface area contributed by atoms with Gasteiger partial charge >= 0.3 is 7.82 Å². The quantitative estimate of drug-likeness (QED) is 0.0243. The van der Waals surface area contributed by atoms with Crippen molar-refractivity contribution in [3.8, 4) is 0 Å². The van der Waals surface area contributed by atoms with Gasteiger partial charge in [0, 0.05) is 6.42 Å². The summed E-state index contributed by atoms with van der Waals surface area (Å²) in [6.45, 7) is 4.69. The Balaban J connectivity index is 4.16. The Morgan fingerprint density at radius 2 is 0.678 bits per heavy atom. The number of likely N-dealkylation sites (N-methyl/N-ethyl adjacent to an activating group) is 1. The number of quaternary nitrogens is 1. The van der Waals surface area contributed by atoms with Crippen molar-refractivity contribution in [3.05, 3.63) is 146 Å². The van der Waals surface area contributed by atoms with Crippen LogP contribution in [-0.2, 0) is 18.4 Å². The van der Waals surface area contributed by atoms with E-state index in [0.29, 0.717) is 17.4 Å². The van der Waals surface area contributed by atoms with Gasteiger partial charge < -0.3 is 19.8 Å². The van der Waals surface area contributed by atoms with Crippen molar-refractivity contribution in [1.82, 2.24) is 5.32 Å². The van der Waals surface area contributed by atoms with Crippen LogP contribution in [0.25, 0.3) is 0 Å². The number of aliphatic hydroxyl groups excluding tert-OH is 1. The molecule has 0 aliphatic heterocycles. The lowest BCUT2D eigenvalue weighted by molar-refractivity contribution is -0.870. The molecule has 516 valence electrons. The van der Waals surface area contributed by atoms with Crippen LogP contribution in [0.3, 0.4) is 0 Å². The van der Waals surface area contributed by atoms with Crippen LogP contribution in [-0.4, -0.2) is 73.4 Å². The Bertz CT molecular complexity index is 1980. The van der Waals surface area contributed by atoms with Crippen molar-refractivity contribution in [2.45, 2.75) is 321 Å². The first-order valence-corrected chi connectivity index (χ1v) is 38.7. The van der Waals surface area contributed by atoms with Crippen LogP contribution < -0.4 is 5.32 Å². The van der Waals surface area contributed by atoms with Crippen LogP contribution in [0.1, 0.15) is 309 Å². The first-order valence-electron chi connectivity index (χ1n) is 37.2. The van der Waals surface area contributed by atoms with E-state index >= 15 is 0 Å². The molecule has 0 heterocycles. The monoisotopic (exact) mass is 1270 g/mol. The molecule has 0 saturated carbocycles. The highest BCUT2D eigenvalue weighted by Crippen LogP contribution is 2.43. The highest BCUT2D eigenvalue weighted by Gasteiger charge is 2.28. The molecule has 0 saturated heterocycles. The number of unbranched alkanes of at least 4 members (excludes halogenated alkanes) is 32. The summed E-state index contributed by atoms with van der Waals surface area (Å²) in [5.74, 6) is -0.198. The molecule has 0 bridgehead atoms. The first-order chi connectivity index (χ1) is 44.0. The second-order valence-electron chi connectivity index (χ2n) is 25.9. The number of carbonyl (C=O) groups excluding carboxylic acids is 1. The van der Waals surface area contributed by atoms with E-state index in [0.717, 1.165) is 116 Å². The minimum absolute atomic E-state index is 0.0477. The summed E-state index contributed by atoms with van der Waals surface area (Å²) in [5.41, 5.74) is 0. The number of aliphatic hydroxyl groups is 1. The standard InChI is InChI=1S/C81H141N2O6P/c1-6-8-10-12-14-16-18-20-22-24-26-28-30-32-34-36-37-38-39-40-41-42-43-44-45-47-49-51-53-55-57-59-61-63-65-67-69-71-73-75-81(85)82-79(78-89-90(86,87)88-77-76-83(3,4)5)80(84)74-72-70-68-66-64-62-60-58-56-54-52-50-48-46-35-33-31-29-27-25-23-21-19-17-15-13-11-9-7-2/h8,10,14,16,20,22,26,28,32,34,37-38,40-41,43-44,47,49,53,55,64,66,72,74,79-80,84H,6-7,9,11-13,15,17-19,21,23-25,27,29-31,33,35-36,39,42,45-46,48,50-52,54,56-63,65,67-71,73,75-78H2,1-5H3,(H-,82,85,86,87)/p+1/b10-8-,16-14-,22-20-,28-26-,34-32-,38-37-,41-40-,44-43-,49-47-,55-53-,66-64+,74-72+. The van der Waals surface area contributed by atoms with Gasteiger partial charge in [0.15, 0.2) is 0 Å². The topological polar surface area (TPSA) is 105 Å². The maximum atomic E-state index is 13.1. The number of nitrogens with zero attached hydrogens (tertiary/aromatic N) is 1. The van der Waals surface area contributed by atoms with Crippen LogP contribution >= 0.6 is 7.82 Å². The number of phosphoric ester groups is 1. The van der Waals surface area contributed by atoms with Crippen molar-refractivity contribution >= 4 is 13.7 Å². The molecule has 90 heavy (non-hydrogen) atoms. The Morgan fingerprint density at radius 1 is 0.389 bits per heavy atom. The first kappa shape index (κ1) is 86.4. The average molecular weight is 1270 g/mol. The second-order valence-corrected chi connectivity index (χ2v) is 27.4. The molecule has 9 heteroatoms. The molecule has 0 aromatic carbocycles. The lowest BCUT2D eigenvalue weighted by atomic mass is 10.0. The highest BCUT2D eigenvalue weighted by molar-refractivity contribution is 7.47. The van der Waals surface area contributed by atoms with Gasteiger partial charge in [0.2, 0.25) is 5.91 Å². The molecule has 1 amide bonds. The maximum absolute atomic E-state index is 13.1. The molecule has 0 rings (SSSR count). The van der Waals surface area contributed by atoms with E-state index < -0.39 is 20.0 Å². The number of carbonyl (C=O) groups is 1. The summed E-state index contributed by atoms with van der Waals surface area (Å²) in [6, 6.07) is -0.881. The van der Waals surface area contributed by atoms with Gasteiger partial charge in [-0.1, -0.05) is 339 Å². The summed E-state index contributed by atoms with van der Waals surface area (Å²) in [6.07, 6.45) is 107. The maximum Gasteiger partial charge on any atom is 0.472 e. The molecule has 0 aromatic rings. The molecule has 0 aliphatic rings. The van der Waals surface area contributed by atoms with E-state index in [4.69, 9.17) is 9.05 Å². The van der Waals surface area contributed by atoms with Gasteiger partial charge in [-0.05, 0) is 109 Å². The van der Waals surface area contributed by atoms with E-state index in [1.807, 2.05) is 27.2 Å². The molecular weight excluding hydrogens is 1130 g/mol. The Morgan fingerprint density at radius 3 is 1.02 bits per heavy atom. The Labute approximate surface area is 557 Å². The second kappa shape index (κ2) is 69.7. The number of nitrogens with one attached hydrogen (secondary N) is 1. The number of allylic oxidation sites excluding steroid dienone is 23. The summed E-state index contributed by atoms with van der Waals surface area (Å²) < 4.78 is 23.8. The van der Waals surface area contributed by atoms with E-state index in [2.05, 4.69) is 153 Å². The van der Waals surface area contributed by atoms with Crippen molar-refractivity contribution in [2.24, 2.45) is 0 Å². The summed E-state index contributed by atoms with van der Waals surface area (Å²) in [7, 11) is 1.54. The molecule has 0 fully saturated rings. The number of hydrogen-bond acceptors (Lipinski definition) is 5. The van der Waals surface area contributed by atoms with Gasteiger partial charge in [0.25, 0.3) is 0 Å². The zero-order valence-electron chi connectivity index (χ0n) is 59.1. The van der Waals surface area contributed by atoms with Crippen LogP contribution in [0, 0.1) is 0 Å². The van der Waals surface area contributed by atoms with Crippen LogP contribution in [0.15, 0.2) is 146 Å². The van der Waals surface area contributed by atoms with E-state index in [1.54, 1.807) is 6.08 Å². The Hall–Kier alpha value is -3.62. The SMILES string of the molecule is CC/C=C\C/C=C\C/C=C\C/C=C\C/C=C\C/C=C\C/C=C\C/C=C\C/C=C\C/C=C\CCCCCCCCCCC(=O)NC(COP(=O)(O)OCC[N+](C)(C)C)C(O)/C=C/CC/C=C/CCCCCCCCCCCCCCCCCCCCCCCCC. The van der Waals surface area contributed by atoms with Crippen molar-refractivity contribution in [2.75, 3.05) is 40.9 Å².